The van der Waals surface area contributed by atoms with Crippen molar-refractivity contribution in [1.82, 2.24) is 9.66 Å². The Labute approximate surface area is 179 Å². The summed E-state index contributed by atoms with van der Waals surface area (Å²) in [6, 6.07) is 13.9. The zero-order chi connectivity index (χ0) is 20.4. The SMILES string of the molecule is CC[C@@H](C)c1nc2ccc(Br)cc2c(=O)n1N=Cc1ccc(N2CCCC2)cc1. The number of halogens is 1. The molecule has 6 heteroatoms. The van der Waals surface area contributed by atoms with Gasteiger partial charge in [0.1, 0.15) is 5.82 Å². The van der Waals surface area contributed by atoms with Crippen molar-refractivity contribution >= 4 is 38.7 Å². The fourth-order valence-corrected chi connectivity index (χ4v) is 4.01. The smallest absolute Gasteiger partial charge is 0.282 e. The Morgan fingerprint density at radius 1 is 1.17 bits per heavy atom. The van der Waals surface area contributed by atoms with Crippen LogP contribution in [0.2, 0.25) is 0 Å². The predicted octanol–water partition coefficient (Wildman–Crippen LogP) is 5.15. The molecule has 1 aromatic heterocycles. The lowest BCUT2D eigenvalue weighted by Crippen LogP contribution is -2.23. The molecule has 0 spiro atoms. The average molecular weight is 453 g/mol. The topological polar surface area (TPSA) is 50.5 Å². The summed E-state index contributed by atoms with van der Waals surface area (Å²) in [5.41, 5.74) is 2.77. The van der Waals surface area contributed by atoms with Crippen LogP contribution in [0.4, 0.5) is 5.69 Å². The summed E-state index contributed by atoms with van der Waals surface area (Å²) in [6.45, 7) is 6.41. The second-order valence-electron chi connectivity index (χ2n) is 7.59. The van der Waals surface area contributed by atoms with Crippen molar-refractivity contribution < 1.29 is 0 Å². The molecule has 0 amide bonds. The van der Waals surface area contributed by atoms with Gasteiger partial charge in [-0.3, -0.25) is 4.79 Å². The third-order valence-corrected chi connectivity index (χ3v) is 6.07. The van der Waals surface area contributed by atoms with Crippen LogP contribution in [0.5, 0.6) is 0 Å². The summed E-state index contributed by atoms with van der Waals surface area (Å²) in [5.74, 6) is 0.822. The largest absolute Gasteiger partial charge is 0.372 e. The second kappa shape index (κ2) is 8.49. The van der Waals surface area contributed by atoms with Crippen molar-refractivity contribution in [3.8, 4) is 0 Å². The summed E-state index contributed by atoms with van der Waals surface area (Å²) in [6.07, 6.45) is 5.15. The van der Waals surface area contributed by atoms with Crippen LogP contribution < -0.4 is 10.5 Å². The van der Waals surface area contributed by atoms with Gasteiger partial charge in [0, 0.05) is 29.2 Å². The number of anilines is 1. The molecule has 0 radical (unpaired) electrons. The molecule has 1 saturated heterocycles. The van der Waals surface area contributed by atoms with Crippen LogP contribution in [0.1, 0.15) is 50.4 Å². The summed E-state index contributed by atoms with van der Waals surface area (Å²) >= 11 is 3.44. The van der Waals surface area contributed by atoms with Crippen LogP contribution >= 0.6 is 15.9 Å². The summed E-state index contributed by atoms with van der Waals surface area (Å²) in [7, 11) is 0. The van der Waals surface area contributed by atoms with Gasteiger partial charge in [0.25, 0.3) is 5.56 Å². The first kappa shape index (κ1) is 19.8. The number of nitrogens with zero attached hydrogens (tertiary/aromatic N) is 4. The standard InChI is InChI=1S/C23H25BrN4O/c1-3-16(2)22-26-21-11-8-18(24)14-20(21)23(29)28(22)25-15-17-6-9-19(10-7-17)27-12-4-5-13-27/h6-11,14-16H,3-5,12-13H2,1-2H3/t16-/m1/s1. The van der Waals surface area contributed by atoms with E-state index in [-0.39, 0.29) is 11.5 Å². The second-order valence-corrected chi connectivity index (χ2v) is 8.50. The van der Waals surface area contributed by atoms with Gasteiger partial charge in [0.15, 0.2) is 0 Å². The minimum absolute atomic E-state index is 0.130. The maximum atomic E-state index is 13.2. The van der Waals surface area contributed by atoms with Crippen LogP contribution in [0, 0.1) is 0 Å². The van der Waals surface area contributed by atoms with E-state index in [2.05, 4.69) is 64.0 Å². The number of benzene rings is 2. The first-order valence-corrected chi connectivity index (χ1v) is 11.0. The normalized spacial score (nSPS) is 15.5. The van der Waals surface area contributed by atoms with Crippen molar-refractivity contribution in [2.75, 3.05) is 18.0 Å². The number of rotatable bonds is 5. The quantitative estimate of drug-likeness (QED) is 0.502. The molecule has 0 N–H and O–H groups in total. The molecule has 2 heterocycles. The van der Waals surface area contributed by atoms with Gasteiger partial charge in [-0.1, -0.05) is 41.9 Å². The van der Waals surface area contributed by atoms with Crippen LogP contribution in [-0.4, -0.2) is 29.0 Å². The molecular weight excluding hydrogens is 428 g/mol. The van der Waals surface area contributed by atoms with E-state index in [1.807, 2.05) is 18.2 Å². The van der Waals surface area contributed by atoms with Crippen molar-refractivity contribution in [2.24, 2.45) is 5.10 Å². The average Bonchev–Trinajstić information content (AvgIpc) is 3.28. The molecule has 3 aromatic rings. The van der Waals surface area contributed by atoms with Crippen molar-refractivity contribution in [3.63, 3.8) is 0 Å². The fourth-order valence-electron chi connectivity index (χ4n) is 3.65. The molecule has 2 aromatic carbocycles. The van der Waals surface area contributed by atoms with Gasteiger partial charge in [-0.15, -0.1) is 0 Å². The molecular formula is C23H25BrN4O. The monoisotopic (exact) mass is 452 g/mol. The van der Waals surface area contributed by atoms with Crippen molar-refractivity contribution in [1.29, 1.82) is 0 Å². The maximum absolute atomic E-state index is 13.2. The highest BCUT2D eigenvalue weighted by Crippen LogP contribution is 2.22. The third-order valence-electron chi connectivity index (χ3n) is 5.57. The van der Waals surface area contributed by atoms with E-state index in [1.165, 1.54) is 23.2 Å². The predicted molar refractivity (Wildman–Crippen MR) is 123 cm³/mol. The number of aromatic nitrogens is 2. The van der Waals surface area contributed by atoms with Gasteiger partial charge in [-0.25, -0.2) is 4.98 Å². The van der Waals surface area contributed by atoms with E-state index < -0.39 is 0 Å². The van der Waals surface area contributed by atoms with Gasteiger partial charge in [-0.2, -0.15) is 9.78 Å². The van der Waals surface area contributed by atoms with Crippen LogP contribution in [0.15, 0.2) is 56.8 Å². The van der Waals surface area contributed by atoms with Crippen molar-refractivity contribution in [2.45, 2.75) is 39.0 Å². The summed E-state index contributed by atoms with van der Waals surface area (Å²) in [5, 5.41) is 5.10. The molecule has 29 heavy (non-hydrogen) atoms. The maximum Gasteiger partial charge on any atom is 0.282 e. The van der Waals surface area contributed by atoms with Crippen molar-refractivity contribution in [3.05, 3.63) is 68.7 Å². The van der Waals surface area contributed by atoms with Crippen LogP contribution in [0.25, 0.3) is 10.9 Å². The highest BCUT2D eigenvalue weighted by Gasteiger charge is 2.16. The number of fused-ring (bicyclic) bond motifs is 1. The Hall–Kier alpha value is -2.47. The molecule has 0 aliphatic carbocycles. The zero-order valence-corrected chi connectivity index (χ0v) is 18.4. The van der Waals surface area contributed by atoms with Gasteiger partial charge in [0.05, 0.1) is 17.1 Å². The lowest BCUT2D eigenvalue weighted by molar-refractivity contribution is 0.613. The van der Waals surface area contributed by atoms with E-state index in [0.717, 1.165) is 29.5 Å². The van der Waals surface area contributed by atoms with E-state index in [1.54, 1.807) is 6.21 Å². The Bertz CT molecular complexity index is 1100. The van der Waals surface area contributed by atoms with Crippen LogP contribution in [-0.2, 0) is 0 Å². The third kappa shape index (κ3) is 4.13. The highest BCUT2D eigenvalue weighted by molar-refractivity contribution is 9.10. The Morgan fingerprint density at radius 3 is 2.59 bits per heavy atom. The lowest BCUT2D eigenvalue weighted by atomic mass is 10.1. The molecule has 1 aliphatic rings. The van der Waals surface area contributed by atoms with E-state index in [0.29, 0.717) is 16.7 Å². The molecule has 0 saturated carbocycles. The molecule has 1 aliphatic heterocycles. The molecule has 1 fully saturated rings. The Balaban J connectivity index is 1.72. The van der Waals surface area contributed by atoms with Gasteiger partial charge < -0.3 is 4.90 Å². The molecule has 1 atom stereocenters. The first-order valence-electron chi connectivity index (χ1n) is 10.2. The fraction of sp³-hybridized carbons (Fsp3) is 0.348. The van der Waals surface area contributed by atoms with Crippen LogP contribution in [0.3, 0.4) is 0 Å². The van der Waals surface area contributed by atoms with E-state index >= 15 is 0 Å². The zero-order valence-electron chi connectivity index (χ0n) is 16.8. The van der Waals surface area contributed by atoms with E-state index in [9.17, 15) is 4.79 Å². The Kier molecular flexibility index (Phi) is 5.81. The molecule has 4 rings (SSSR count). The molecule has 0 unspecified atom stereocenters. The minimum Gasteiger partial charge on any atom is -0.372 e. The minimum atomic E-state index is -0.142. The highest BCUT2D eigenvalue weighted by atomic mass is 79.9. The molecule has 150 valence electrons. The lowest BCUT2D eigenvalue weighted by Gasteiger charge is -2.17. The van der Waals surface area contributed by atoms with E-state index in [4.69, 9.17) is 4.98 Å². The molecule has 0 bridgehead atoms. The summed E-state index contributed by atoms with van der Waals surface area (Å²) < 4.78 is 2.31. The number of hydrogen-bond acceptors (Lipinski definition) is 4. The first-order chi connectivity index (χ1) is 14.1. The summed E-state index contributed by atoms with van der Waals surface area (Å²) in [4.78, 5) is 20.3. The van der Waals surface area contributed by atoms with Gasteiger partial charge in [-0.05, 0) is 55.2 Å². The van der Waals surface area contributed by atoms with Gasteiger partial charge >= 0.3 is 0 Å². The Morgan fingerprint density at radius 2 is 1.90 bits per heavy atom. The number of hydrogen-bond donors (Lipinski definition) is 0. The molecule has 5 nitrogen and oxygen atoms in total. The van der Waals surface area contributed by atoms with Gasteiger partial charge in [0.2, 0.25) is 0 Å².